The predicted octanol–water partition coefficient (Wildman–Crippen LogP) is 21.5. The topological polar surface area (TPSA) is 92.1 Å². The zero-order valence-corrected chi connectivity index (χ0v) is 50.2. The Balaban J connectivity index is 0.000000118. The van der Waals surface area contributed by atoms with E-state index in [-0.39, 0.29) is 10.6 Å². The molecule has 0 unspecified atom stereocenters. The van der Waals surface area contributed by atoms with E-state index >= 15 is 0 Å². The summed E-state index contributed by atoms with van der Waals surface area (Å²) in [4.78, 5) is 28.1. The molecule has 19 aromatic rings. The third-order valence-electron chi connectivity index (χ3n) is 16.1. The van der Waals surface area contributed by atoms with E-state index in [1.54, 1.807) is 34.0 Å². The van der Waals surface area contributed by atoms with Gasteiger partial charge in [0, 0.05) is 73.8 Å². The fourth-order valence-corrected chi connectivity index (χ4v) is 16.3. The molecule has 0 spiro atoms. The van der Waals surface area contributed by atoms with Crippen molar-refractivity contribution in [1.82, 2.24) is 43.6 Å². The Labute approximate surface area is 521 Å². The molecule has 9 aromatic heterocycles. The minimum Gasteiger partial charge on any atom is -0.309 e. The Morgan fingerprint density at radius 3 is 1.13 bits per heavy atom. The van der Waals surface area contributed by atoms with Crippen molar-refractivity contribution in [1.29, 1.82) is 0 Å². The summed E-state index contributed by atoms with van der Waals surface area (Å²) in [7, 11) is 0. The summed E-state index contributed by atoms with van der Waals surface area (Å²) in [5, 5.41) is 11.5. The Morgan fingerprint density at radius 1 is 0.276 bits per heavy atom. The molecule has 9 heterocycles. The molecular formula is C72H40Cl3N9S3. The maximum atomic E-state index is 6.37. The van der Waals surface area contributed by atoms with Crippen LogP contribution in [0.4, 0.5) is 0 Å². The van der Waals surface area contributed by atoms with E-state index in [1.807, 2.05) is 36.4 Å². The van der Waals surface area contributed by atoms with Crippen molar-refractivity contribution >= 4 is 195 Å². The molecule has 0 amide bonds. The SMILES string of the molecule is Clc1nc(-n2c3ccccc3c3ccccc32)c2sc3ccccc3c2n1.Clc1nc(Cl)c2sc3ccccc3c2n1.c1ccc(-n2c3ccccc3c3cc(-c4nc(-n5c6ccccc6c6ccccc65)c5sc6ccccc6c5n4)ccc32)cc1. The minimum atomic E-state index is 0.191. The van der Waals surface area contributed by atoms with Crippen LogP contribution in [0.1, 0.15) is 0 Å². The molecular weight excluding hydrogens is 1190 g/mol. The standard InChI is InChI=1S/C40H24N4S.C22H12ClN3S.C10H4Cl2N2S/c1-2-12-26(13-3-1)43-32-18-8-6-16-29(32)31-24-25(22-23-35(31)43)39-41-37-30-17-7-11-21-36(30)45-38(37)40(42-39)44-33-19-9-4-14-27(33)28-15-5-10-20-34(28)44;23-22-24-19-15-9-3-6-12-18(15)27-20(19)21(25-22)26-16-10-4-1-7-13(16)14-8-2-5-11-17(14)26;11-9-8-7(13-10(12)14-9)5-3-1-2-4-6(5)15-8/h1-24H;1-12H;1-4H. The normalized spacial score (nSPS) is 11.9. The highest BCUT2D eigenvalue weighted by atomic mass is 35.5. The number of benzene rings is 10. The van der Waals surface area contributed by atoms with Gasteiger partial charge in [0.1, 0.15) is 0 Å². The van der Waals surface area contributed by atoms with Gasteiger partial charge < -0.3 is 4.57 Å². The van der Waals surface area contributed by atoms with Crippen LogP contribution >= 0.6 is 68.8 Å². The Kier molecular flexibility index (Phi) is 12.4. The van der Waals surface area contributed by atoms with E-state index in [0.717, 1.165) is 108 Å². The van der Waals surface area contributed by atoms with Crippen LogP contribution in [0.3, 0.4) is 0 Å². The summed E-state index contributed by atoms with van der Waals surface area (Å²) in [6.45, 7) is 0. The van der Waals surface area contributed by atoms with Gasteiger partial charge in [-0.1, -0.05) is 175 Å². The van der Waals surface area contributed by atoms with Gasteiger partial charge in [-0.05, 0) is 102 Å². The summed E-state index contributed by atoms with van der Waals surface area (Å²) >= 11 is 23.2. The highest BCUT2D eigenvalue weighted by molar-refractivity contribution is 7.27. The summed E-state index contributed by atoms with van der Waals surface area (Å²) in [5.41, 5.74) is 11.7. The largest absolute Gasteiger partial charge is 0.309 e. The molecule has 0 radical (unpaired) electrons. The van der Waals surface area contributed by atoms with Crippen LogP contribution in [-0.4, -0.2) is 43.6 Å². The van der Waals surface area contributed by atoms with Crippen molar-refractivity contribution in [2.45, 2.75) is 0 Å². The molecule has 9 nitrogen and oxygen atoms in total. The average Bonchev–Trinajstić information content (AvgIpc) is 2.67. The molecule has 412 valence electrons. The van der Waals surface area contributed by atoms with Crippen LogP contribution in [0.25, 0.3) is 155 Å². The first kappa shape index (κ1) is 51.8. The lowest BCUT2D eigenvalue weighted by Crippen LogP contribution is -2.01. The van der Waals surface area contributed by atoms with Gasteiger partial charge in [0.25, 0.3) is 0 Å². The van der Waals surface area contributed by atoms with Crippen molar-refractivity contribution in [3.63, 3.8) is 0 Å². The Bertz CT molecular complexity index is 5880. The van der Waals surface area contributed by atoms with Crippen molar-refractivity contribution in [3.8, 4) is 28.7 Å². The van der Waals surface area contributed by atoms with Gasteiger partial charge in [0.2, 0.25) is 10.6 Å². The highest BCUT2D eigenvalue weighted by Crippen LogP contribution is 2.44. The van der Waals surface area contributed by atoms with E-state index in [0.29, 0.717) is 5.15 Å². The maximum Gasteiger partial charge on any atom is 0.225 e. The van der Waals surface area contributed by atoms with Gasteiger partial charge in [0.05, 0.1) is 63.8 Å². The van der Waals surface area contributed by atoms with E-state index < -0.39 is 0 Å². The smallest absolute Gasteiger partial charge is 0.225 e. The zero-order valence-electron chi connectivity index (χ0n) is 45.5. The van der Waals surface area contributed by atoms with E-state index in [4.69, 9.17) is 44.8 Å². The number of para-hydroxylation sites is 6. The first-order valence-corrected chi connectivity index (χ1v) is 31.6. The molecule has 0 aliphatic heterocycles. The van der Waals surface area contributed by atoms with E-state index in [1.165, 1.54) is 47.2 Å². The molecule has 0 bridgehead atoms. The highest BCUT2D eigenvalue weighted by Gasteiger charge is 2.23. The predicted molar refractivity (Wildman–Crippen MR) is 368 cm³/mol. The van der Waals surface area contributed by atoms with Crippen LogP contribution < -0.4 is 0 Å². The van der Waals surface area contributed by atoms with Crippen LogP contribution in [-0.2, 0) is 0 Å². The van der Waals surface area contributed by atoms with Gasteiger partial charge in [-0.2, -0.15) is 4.98 Å². The third-order valence-corrected chi connectivity index (χ3v) is 20.3. The number of halogens is 3. The van der Waals surface area contributed by atoms with E-state index in [2.05, 4.69) is 240 Å². The number of fused-ring (bicyclic) bond motifs is 18. The summed E-state index contributed by atoms with van der Waals surface area (Å²) < 4.78 is 13.4. The second-order valence-corrected chi connectivity index (χ2v) is 25.1. The lowest BCUT2D eigenvalue weighted by Gasteiger charge is -2.11. The number of nitrogens with zero attached hydrogens (tertiary/aromatic N) is 9. The molecule has 0 saturated carbocycles. The number of aromatic nitrogens is 9. The third kappa shape index (κ3) is 8.47. The maximum absolute atomic E-state index is 6.37. The quantitative estimate of drug-likeness (QED) is 0.129. The number of hydrogen-bond acceptors (Lipinski definition) is 9. The Morgan fingerprint density at radius 2 is 0.632 bits per heavy atom. The van der Waals surface area contributed by atoms with Crippen LogP contribution in [0.2, 0.25) is 15.7 Å². The van der Waals surface area contributed by atoms with Gasteiger partial charge in [-0.3, -0.25) is 9.13 Å². The van der Waals surface area contributed by atoms with Gasteiger partial charge >= 0.3 is 0 Å². The van der Waals surface area contributed by atoms with Crippen molar-refractivity contribution in [2.75, 3.05) is 0 Å². The number of thiophene rings is 3. The second kappa shape index (κ2) is 20.8. The Hall–Kier alpha value is -9.63. The van der Waals surface area contributed by atoms with Gasteiger partial charge in [0.15, 0.2) is 22.6 Å². The first-order valence-electron chi connectivity index (χ1n) is 28.0. The number of hydrogen-bond donors (Lipinski definition) is 0. The van der Waals surface area contributed by atoms with Gasteiger partial charge in [-0.25, -0.2) is 24.9 Å². The molecule has 15 heteroatoms. The lowest BCUT2D eigenvalue weighted by atomic mass is 10.1. The summed E-state index contributed by atoms with van der Waals surface area (Å²) in [6.07, 6.45) is 0. The summed E-state index contributed by atoms with van der Waals surface area (Å²) in [6, 6.07) is 84.8. The molecule has 0 aliphatic carbocycles. The van der Waals surface area contributed by atoms with Crippen LogP contribution in [0, 0.1) is 0 Å². The summed E-state index contributed by atoms with van der Waals surface area (Å²) in [5.74, 6) is 2.48. The first-order chi connectivity index (χ1) is 42.9. The average molecular weight is 1230 g/mol. The minimum absolute atomic E-state index is 0.191. The monoisotopic (exact) mass is 1230 g/mol. The van der Waals surface area contributed by atoms with Crippen molar-refractivity contribution < 1.29 is 0 Å². The molecule has 0 atom stereocenters. The molecule has 0 aliphatic rings. The second-order valence-electron chi connectivity index (χ2n) is 21.0. The zero-order chi connectivity index (χ0) is 57.9. The van der Waals surface area contributed by atoms with Crippen molar-refractivity contribution in [3.05, 3.63) is 258 Å². The molecule has 87 heavy (non-hydrogen) atoms. The molecule has 10 aromatic carbocycles. The molecule has 0 saturated heterocycles. The fourth-order valence-electron chi connectivity index (χ4n) is 12.4. The molecule has 0 N–H and O–H groups in total. The van der Waals surface area contributed by atoms with Gasteiger partial charge in [-0.15, -0.1) is 34.0 Å². The van der Waals surface area contributed by atoms with Crippen LogP contribution in [0.5, 0.6) is 0 Å². The molecule has 0 fully saturated rings. The lowest BCUT2D eigenvalue weighted by molar-refractivity contribution is 1.08. The fraction of sp³-hybridized carbons (Fsp3) is 0. The van der Waals surface area contributed by atoms with Crippen molar-refractivity contribution in [2.24, 2.45) is 0 Å². The van der Waals surface area contributed by atoms with Crippen LogP contribution in [0.15, 0.2) is 243 Å². The van der Waals surface area contributed by atoms with E-state index in [9.17, 15) is 0 Å². The number of rotatable bonds is 4. The molecule has 19 rings (SSSR count).